The molecule has 3 rings (SSSR count). The van der Waals surface area contributed by atoms with E-state index >= 15 is 0 Å². The fourth-order valence-electron chi connectivity index (χ4n) is 3.08. The lowest BCUT2D eigenvalue weighted by Crippen LogP contribution is -2.27. The minimum atomic E-state index is -3.40. The van der Waals surface area contributed by atoms with Crippen LogP contribution in [0, 0.1) is 0 Å². The summed E-state index contributed by atoms with van der Waals surface area (Å²) in [5.74, 6) is 1.57. The lowest BCUT2D eigenvalue weighted by atomic mass is 10.1. The summed E-state index contributed by atoms with van der Waals surface area (Å²) in [6, 6.07) is 13.0. The van der Waals surface area contributed by atoms with E-state index in [2.05, 4.69) is 15.7 Å². The average Bonchev–Trinajstić information content (AvgIpc) is 2.64. The third-order valence-electron chi connectivity index (χ3n) is 4.45. The number of sulfonamides is 1. The van der Waals surface area contributed by atoms with Gasteiger partial charge in [0.25, 0.3) is 0 Å². The van der Waals surface area contributed by atoms with Crippen LogP contribution in [0.15, 0.2) is 47.4 Å². The topological polar surface area (TPSA) is 67.9 Å². The number of nitrogens with one attached hydrogen (secondary N) is 1. The smallest absolute Gasteiger partial charge is 0.240 e. The van der Waals surface area contributed by atoms with Gasteiger partial charge in [-0.2, -0.15) is 0 Å². The molecule has 1 N–H and O–H groups in total. The molecule has 0 radical (unpaired) electrons. The number of benzene rings is 2. The number of hydrogen-bond acceptors (Lipinski definition) is 5. The molecule has 26 heavy (non-hydrogen) atoms. The lowest BCUT2D eigenvalue weighted by Gasteiger charge is -2.27. The Hall–Kier alpha value is -2.09. The van der Waals surface area contributed by atoms with Crippen LogP contribution in [-0.4, -0.2) is 40.6 Å². The number of nitrogens with zero attached hydrogens (tertiary/aromatic N) is 1. The number of para-hydroxylation sites is 1. The van der Waals surface area contributed by atoms with Crippen LogP contribution in [0.4, 0.5) is 0 Å². The Labute approximate surface area is 154 Å². The van der Waals surface area contributed by atoms with Crippen LogP contribution in [0.3, 0.4) is 0 Å². The maximum Gasteiger partial charge on any atom is 0.240 e. The number of hydrogen-bond donors (Lipinski definition) is 1. The quantitative estimate of drug-likeness (QED) is 0.868. The maximum absolute atomic E-state index is 11.8. The minimum Gasteiger partial charge on any atom is -0.493 e. The second-order valence-corrected chi connectivity index (χ2v) is 8.10. The summed E-state index contributed by atoms with van der Waals surface area (Å²) in [7, 11) is -0.337. The highest BCUT2D eigenvalue weighted by Gasteiger charge is 2.18. The van der Waals surface area contributed by atoms with Crippen molar-refractivity contribution in [2.45, 2.75) is 24.4 Å². The number of rotatable bonds is 5. The normalized spacial score (nSPS) is 15.5. The first-order chi connectivity index (χ1) is 12.5. The van der Waals surface area contributed by atoms with Gasteiger partial charge in [0.05, 0.1) is 18.6 Å². The van der Waals surface area contributed by atoms with Crippen molar-refractivity contribution in [1.82, 2.24) is 9.62 Å². The van der Waals surface area contributed by atoms with E-state index in [0.717, 1.165) is 48.7 Å². The SMILES string of the molecule is CNS(=O)(=O)c1ccc(CN2CCCOc3c(cccc3OC)C2)cc1. The zero-order chi connectivity index (χ0) is 18.6. The van der Waals surface area contributed by atoms with Crippen LogP contribution in [-0.2, 0) is 23.1 Å². The van der Waals surface area contributed by atoms with Gasteiger partial charge in [-0.25, -0.2) is 13.1 Å². The molecule has 2 aromatic carbocycles. The van der Waals surface area contributed by atoms with E-state index in [1.54, 1.807) is 19.2 Å². The monoisotopic (exact) mass is 376 g/mol. The number of ether oxygens (including phenoxy) is 2. The van der Waals surface area contributed by atoms with Crippen LogP contribution in [0.25, 0.3) is 0 Å². The molecule has 1 aliphatic heterocycles. The van der Waals surface area contributed by atoms with Gasteiger partial charge in [-0.1, -0.05) is 24.3 Å². The van der Waals surface area contributed by atoms with Crippen molar-refractivity contribution in [3.05, 3.63) is 53.6 Å². The van der Waals surface area contributed by atoms with Crippen molar-refractivity contribution < 1.29 is 17.9 Å². The summed E-state index contributed by atoms with van der Waals surface area (Å²) in [4.78, 5) is 2.61. The van der Waals surface area contributed by atoms with Crippen LogP contribution < -0.4 is 14.2 Å². The predicted octanol–water partition coefficient (Wildman–Crippen LogP) is 2.39. The fraction of sp³-hybridized carbons (Fsp3) is 0.368. The Morgan fingerprint density at radius 1 is 1.19 bits per heavy atom. The Bertz CT molecular complexity index is 850. The van der Waals surface area contributed by atoms with E-state index < -0.39 is 10.0 Å². The Morgan fingerprint density at radius 3 is 2.65 bits per heavy atom. The molecule has 0 amide bonds. The molecule has 1 aliphatic rings. The van der Waals surface area contributed by atoms with E-state index in [4.69, 9.17) is 9.47 Å². The molecule has 1 heterocycles. The van der Waals surface area contributed by atoms with Crippen LogP contribution in [0.5, 0.6) is 11.5 Å². The molecular formula is C19H24N2O4S. The summed E-state index contributed by atoms with van der Waals surface area (Å²) in [5.41, 5.74) is 2.17. The molecule has 0 atom stereocenters. The Balaban J connectivity index is 1.77. The molecule has 7 heteroatoms. The molecule has 2 aromatic rings. The van der Waals surface area contributed by atoms with Crippen LogP contribution in [0.1, 0.15) is 17.5 Å². The molecule has 0 aromatic heterocycles. The number of methoxy groups -OCH3 is 1. The van der Waals surface area contributed by atoms with Crippen molar-refractivity contribution >= 4 is 10.0 Å². The van der Waals surface area contributed by atoms with E-state index in [1.165, 1.54) is 7.05 Å². The Morgan fingerprint density at radius 2 is 1.96 bits per heavy atom. The largest absolute Gasteiger partial charge is 0.493 e. The van der Waals surface area contributed by atoms with Gasteiger partial charge >= 0.3 is 0 Å². The van der Waals surface area contributed by atoms with E-state index in [-0.39, 0.29) is 4.90 Å². The summed E-state index contributed by atoms with van der Waals surface area (Å²) in [5, 5.41) is 0. The molecule has 0 bridgehead atoms. The highest BCUT2D eigenvalue weighted by atomic mass is 32.2. The standard InChI is InChI=1S/C19H24N2O4S/c1-20-26(22,23)17-9-7-15(8-10-17)13-21-11-4-12-25-19-16(14-21)5-3-6-18(19)24-2/h3,5-10,20H,4,11-14H2,1-2H3. The van der Waals surface area contributed by atoms with Gasteiger partial charge < -0.3 is 9.47 Å². The molecule has 0 fully saturated rings. The second kappa shape index (κ2) is 8.07. The van der Waals surface area contributed by atoms with E-state index in [1.807, 2.05) is 24.3 Å². The van der Waals surface area contributed by atoms with Crippen molar-refractivity contribution in [3.8, 4) is 11.5 Å². The third kappa shape index (κ3) is 4.17. The molecule has 0 saturated heterocycles. The highest BCUT2D eigenvalue weighted by molar-refractivity contribution is 7.89. The molecule has 0 saturated carbocycles. The van der Waals surface area contributed by atoms with Gasteiger partial charge in [0.15, 0.2) is 11.5 Å². The first kappa shape index (κ1) is 18.7. The first-order valence-corrected chi connectivity index (χ1v) is 10.1. The van der Waals surface area contributed by atoms with Crippen molar-refractivity contribution in [2.24, 2.45) is 0 Å². The lowest BCUT2D eigenvalue weighted by molar-refractivity contribution is 0.195. The molecule has 0 spiro atoms. The van der Waals surface area contributed by atoms with Crippen LogP contribution >= 0.6 is 0 Å². The minimum absolute atomic E-state index is 0.278. The van der Waals surface area contributed by atoms with Crippen molar-refractivity contribution in [2.75, 3.05) is 27.3 Å². The summed E-state index contributed by atoms with van der Waals surface area (Å²) >= 11 is 0. The van der Waals surface area contributed by atoms with E-state index in [9.17, 15) is 8.42 Å². The van der Waals surface area contributed by atoms with Crippen LogP contribution in [0.2, 0.25) is 0 Å². The summed E-state index contributed by atoms with van der Waals surface area (Å²) in [6.07, 6.45) is 0.920. The Kier molecular flexibility index (Phi) is 5.80. The van der Waals surface area contributed by atoms with Gasteiger partial charge in [0.1, 0.15) is 0 Å². The second-order valence-electron chi connectivity index (χ2n) is 6.21. The summed E-state index contributed by atoms with van der Waals surface area (Å²) in [6.45, 7) is 3.05. The van der Waals surface area contributed by atoms with E-state index in [0.29, 0.717) is 6.61 Å². The number of fused-ring (bicyclic) bond motifs is 1. The summed E-state index contributed by atoms with van der Waals surface area (Å²) < 4.78 is 37.3. The zero-order valence-corrected chi connectivity index (χ0v) is 15.9. The van der Waals surface area contributed by atoms with Crippen molar-refractivity contribution in [1.29, 1.82) is 0 Å². The van der Waals surface area contributed by atoms with Gasteiger partial charge in [-0.05, 0) is 37.2 Å². The average molecular weight is 376 g/mol. The van der Waals surface area contributed by atoms with Gasteiger partial charge in [0.2, 0.25) is 10.0 Å². The first-order valence-electron chi connectivity index (χ1n) is 8.57. The molecule has 0 aliphatic carbocycles. The van der Waals surface area contributed by atoms with Gasteiger partial charge in [0, 0.05) is 25.2 Å². The van der Waals surface area contributed by atoms with Gasteiger partial charge in [-0.3, -0.25) is 4.90 Å². The fourth-order valence-corrected chi connectivity index (χ4v) is 3.81. The van der Waals surface area contributed by atoms with Crippen molar-refractivity contribution in [3.63, 3.8) is 0 Å². The highest BCUT2D eigenvalue weighted by Crippen LogP contribution is 2.33. The molecular weight excluding hydrogens is 352 g/mol. The molecule has 140 valence electrons. The predicted molar refractivity (Wildman–Crippen MR) is 99.9 cm³/mol. The maximum atomic E-state index is 11.8. The third-order valence-corrected chi connectivity index (χ3v) is 5.88. The molecule has 0 unspecified atom stereocenters. The van der Waals surface area contributed by atoms with Gasteiger partial charge in [-0.15, -0.1) is 0 Å². The molecule has 6 nitrogen and oxygen atoms in total. The zero-order valence-electron chi connectivity index (χ0n) is 15.1.